The van der Waals surface area contributed by atoms with Gasteiger partial charge >= 0.3 is 6.09 Å². The van der Waals surface area contributed by atoms with Gasteiger partial charge in [-0.3, -0.25) is 0 Å². The Morgan fingerprint density at radius 3 is 2.88 bits per heavy atom. The van der Waals surface area contributed by atoms with Crippen molar-refractivity contribution in [2.24, 2.45) is 0 Å². The number of carbonyl (C=O) groups excluding carboxylic acids is 1. The number of halogens is 1. The van der Waals surface area contributed by atoms with Crippen LogP contribution < -0.4 is 5.73 Å². The second-order valence-electron chi connectivity index (χ2n) is 6.92. The molecule has 24 heavy (non-hydrogen) atoms. The molecule has 1 atom stereocenters. The number of carbonyl (C=O) groups is 1. The van der Waals surface area contributed by atoms with Crippen LogP contribution in [0.3, 0.4) is 0 Å². The summed E-state index contributed by atoms with van der Waals surface area (Å²) in [4.78, 5) is 22.4. The highest BCUT2D eigenvalue weighted by atomic mass is 79.9. The lowest BCUT2D eigenvalue weighted by molar-refractivity contribution is 0.0169. The van der Waals surface area contributed by atoms with E-state index in [2.05, 4.69) is 31.0 Å². The smallest absolute Gasteiger partial charge is 0.410 e. The lowest BCUT2D eigenvalue weighted by Crippen LogP contribution is -2.43. The van der Waals surface area contributed by atoms with Crippen LogP contribution in [0.2, 0.25) is 0 Å². The van der Waals surface area contributed by atoms with E-state index in [1.807, 2.05) is 25.5 Å². The monoisotopic (exact) mass is 396 g/mol. The Bertz CT molecular complexity index is 769. The van der Waals surface area contributed by atoms with Crippen molar-refractivity contribution in [2.45, 2.75) is 45.3 Å². The van der Waals surface area contributed by atoms with Crippen LogP contribution in [0.4, 0.5) is 10.6 Å². The number of ether oxygens (including phenoxy) is 1. The normalized spacial score (nSPS) is 18.8. The maximum Gasteiger partial charge on any atom is 0.410 e. The van der Waals surface area contributed by atoms with Gasteiger partial charge in [-0.25, -0.2) is 19.4 Å². The number of rotatable bonds is 1. The molecule has 8 nitrogen and oxygen atoms in total. The molecule has 0 aliphatic carbocycles. The lowest BCUT2D eigenvalue weighted by atomic mass is 10.1. The highest BCUT2D eigenvalue weighted by Gasteiger charge is 2.30. The van der Waals surface area contributed by atoms with Gasteiger partial charge in [0.05, 0.1) is 11.4 Å². The van der Waals surface area contributed by atoms with E-state index in [0.29, 0.717) is 34.5 Å². The number of hydrogen-bond donors (Lipinski definition) is 1. The van der Waals surface area contributed by atoms with Crippen LogP contribution in [0.15, 0.2) is 10.9 Å². The number of anilines is 1. The molecule has 0 spiro atoms. The Morgan fingerprint density at radius 1 is 1.42 bits per heavy atom. The summed E-state index contributed by atoms with van der Waals surface area (Å²) in [7, 11) is 0. The third kappa shape index (κ3) is 3.31. The second-order valence-corrected chi connectivity index (χ2v) is 7.67. The van der Waals surface area contributed by atoms with Crippen LogP contribution in [-0.4, -0.2) is 49.4 Å². The number of nitrogen functional groups attached to an aromatic ring is 1. The molecule has 3 heterocycles. The van der Waals surface area contributed by atoms with Gasteiger partial charge in [-0.1, -0.05) is 0 Å². The molecule has 0 aromatic carbocycles. The number of hydrogen-bond acceptors (Lipinski definition) is 6. The predicted octanol–water partition coefficient (Wildman–Crippen LogP) is 2.74. The molecule has 0 saturated carbocycles. The highest BCUT2D eigenvalue weighted by molar-refractivity contribution is 9.10. The molecule has 0 unspecified atom stereocenters. The van der Waals surface area contributed by atoms with Crippen molar-refractivity contribution < 1.29 is 9.53 Å². The summed E-state index contributed by atoms with van der Waals surface area (Å²) in [5.41, 5.74) is 6.09. The van der Waals surface area contributed by atoms with Crippen molar-refractivity contribution in [3.8, 4) is 0 Å². The van der Waals surface area contributed by atoms with Gasteiger partial charge in [-0.05, 0) is 49.5 Å². The second kappa shape index (κ2) is 6.19. The van der Waals surface area contributed by atoms with Crippen LogP contribution >= 0.6 is 15.9 Å². The molecule has 1 saturated heterocycles. The van der Waals surface area contributed by atoms with Crippen molar-refractivity contribution >= 4 is 38.9 Å². The number of aromatic nitrogens is 4. The van der Waals surface area contributed by atoms with E-state index in [1.54, 1.807) is 4.90 Å². The number of nitrogens with two attached hydrogens (primary N) is 1. The van der Waals surface area contributed by atoms with E-state index in [9.17, 15) is 4.79 Å². The minimum Gasteiger partial charge on any atom is -0.444 e. The summed E-state index contributed by atoms with van der Waals surface area (Å²) in [6.45, 7) is 6.81. The summed E-state index contributed by atoms with van der Waals surface area (Å²) in [5.74, 6) is 0.387. The van der Waals surface area contributed by atoms with Gasteiger partial charge in [-0.2, -0.15) is 5.10 Å². The molecule has 130 valence electrons. The van der Waals surface area contributed by atoms with Crippen LogP contribution in [0.5, 0.6) is 0 Å². The zero-order chi connectivity index (χ0) is 17.5. The molecular weight excluding hydrogens is 376 g/mol. The number of fused-ring (bicyclic) bond motifs is 1. The van der Waals surface area contributed by atoms with Crippen LogP contribution in [0.25, 0.3) is 11.0 Å². The summed E-state index contributed by atoms with van der Waals surface area (Å²) < 4.78 is 7.92. The topological polar surface area (TPSA) is 99.2 Å². The highest BCUT2D eigenvalue weighted by Crippen LogP contribution is 2.31. The maximum absolute atomic E-state index is 12.3. The number of piperidine rings is 1. The first-order valence-corrected chi connectivity index (χ1v) is 8.67. The fourth-order valence-electron chi connectivity index (χ4n) is 2.85. The zero-order valence-electron chi connectivity index (χ0n) is 14.0. The molecule has 1 aliphatic heterocycles. The Morgan fingerprint density at radius 2 is 2.17 bits per heavy atom. The first kappa shape index (κ1) is 16.9. The van der Waals surface area contributed by atoms with E-state index in [0.717, 1.165) is 12.8 Å². The van der Waals surface area contributed by atoms with Crippen LogP contribution in [-0.2, 0) is 4.74 Å². The molecule has 0 radical (unpaired) electrons. The quantitative estimate of drug-likeness (QED) is 0.795. The minimum absolute atomic E-state index is 0.0226. The van der Waals surface area contributed by atoms with Gasteiger partial charge in [0.2, 0.25) is 0 Å². The summed E-state index contributed by atoms with van der Waals surface area (Å²) in [5, 5.41) is 5.22. The summed E-state index contributed by atoms with van der Waals surface area (Å²) in [6, 6.07) is 0.0226. The molecule has 1 fully saturated rings. The summed E-state index contributed by atoms with van der Waals surface area (Å²) in [6.07, 6.45) is 2.92. The summed E-state index contributed by atoms with van der Waals surface area (Å²) >= 11 is 3.42. The van der Waals surface area contributed by atoms with E-state index < -0.39 is 5.60 Å². The van der Waals surface area contributed by atoms with Gasteiger partial charge in [0.15, 0.2) is 5.65 Å². The third-order valence-corrected chi connectivity index (χ3v) is 4.42. The van der Waals surface area contributed by atoms with Gasteiger partial charge in [-0.15, -0.1) is 0 Å². The molecule has 2 aromatic heterocycles. The molecular formula is C15H21BrN6O2. The van der Waals surface area contributed by atoms with Crippen molar-refractivity contribution in [1.29, 1.82) is 0 Å². The predicted molar refractivity (Wildman–Crippen MR) is 93.5 cm³/mol. The maximum atomic E-state index is 12.3. The van der Waals surface area contributed by atoms with Gasteiger partial charge < -0.3 is 15.4 Å². The molecule has 2 N–H and O–H groups in total. The molecule has 3 rings (SSSR count). The van der Waals surface area contributed by atoms with Crippen molar-refractivity contribution in [2.75, 3.05) is 18.8 Å². The largest absolute Gasteiger partial charge is 0.444 e. The van der Waals surface area contributed by atoms with Crippen molar-refractivity contribution in [1.82, 2.24) is 24.6 Å². The number of likely N-dealkylation sites (tertiary alicyclic amines) is 1. The number of nitrogens with zero attached hydrogens (tertiary/aromatic N) is 5. The van der Waals surface area contributed by atoms with E-state index in [4.69, 9.17) is 10.5 Å². The SMILES string of the molecule is CC(C)(C)OC(=O)N1CCC[C@@H](n2nc(Br)c3c(N)ncnc32)C1. The first-order chi connectivity index (χ1) is 11.3. The van der Waals surface area contributed by atoms with E-state index in [1.165, 1.54) is 6.33 Å². The van der Waals surface area contributed by atoms with Crippen molar-refractivity contribution in [3.63, 3.8) is 0 Å². The molecule has 1 amide bonds. The van der Waals surface area contributed by atoms with E-state index in [-0.39, 0.29) is 12.1 Å². The fraction of sp³-hybridized carbons (Fsp3) is 0.600. The fourth-order valence-corrected chi connectivity index (χ4v) is 3.41. The average Bonchev–Trinajstić information content (AvgIpc) is 2.84. The number of amides is 1. The molecule has 2 aromatic rings. The van der Waals surface area contributed by atoms with Crippen LogP contribution in [0.1, 0.15) is 39.7 Å². The first-order valence-electron chi connectivity index (χ1n) is 7.88. The standard InChI is InChI=1S/C15H21BrN6O2/c1-15(2,3)24-14(23)21-6-4-5-9(7-21)22-13-10(11(16)20-22)12(17)18-8-19-13/h8-9H,4-7H2,1-3H3,(H2,17,18,19)/t9-/m1/s1. The Balaban J connectivity index is 1.86. The third-order valence-electron chi connectivity index (χ3n) is 3.87. The van der Waals surface area contributed by atoms with Gasteiger partial charge in [0, 0.05) is 13.1 Å². The van der Waals surface area contributed by atoms with Crippen LogP contribution in [0, 0.1) is 0 Å². The zero-order valence-corrected chi connectivity index (χ0v) is 15.6. The van der Waals surface area contributed by atoms with Gasteiger partial charge in [0.1, 0.15) is 22.3 Å². The molecule has 1 aliphatic rings. The van der Waals surface area contributed by atoms with Gasteiger partial charge in [0.25, 0.3) is 0 Å². The Hall–Kier alpha value is -1.90. The Kier molecular flexibility index (Phi) is 4.37. The van der Waals surface area contributed by atoms with E-state index >= 15 is 0 Å². The van der Waals surface area contributed by atoms with Crippen molar-refractivity contribution in [3.05, 3.63) is 10.9 Å². The Labute approximate surface area is 148 Å². The molecule has 0 bridgehead atoms. The molecule has 9 heteroatoms. The minimum atomic E-state index is -0.507. The average molecular weight is 397 g/mol. The lowest BCUT2D eigenvalue weighted by Gasteiger charge is -2.34.